The Morgan fingerprint density at radius 1 is 1.40 bits per heavy atom. The molecule has 1 unspecified atom stereocenters. The summed E-state index contributed by atoms with van der Waals surface area (Å²) >= 11 is 5.73. The van der Waals surface area contributed by atoms with Gasteiger partial charge < -0.3 is 15.0 Å². The minimum atomic E-state index is -3.18. The van der Waals surface area contributed by atoms with Gasteiger partial charge in [-0.05, 0) is 32.9 Å². The normalized spacial score (nSPS) is 20.1. The molecule has 1 aliphatic heterocycles. The molecule has 9 heteroatoms. The lowest BCUT2D eigenvalue weighted by atomic mass is 9.94. The van der Waals surface area contributed by atoms with Gasteiger partial charge in [-0.15, -0.1) is 0 Å². The van der Waals surface area contributed by atoms with Crippen LogP contribution < -0.4 is 5.32 Å². The van der Waals surface area contributed by atoms with Crippen LogP contribution in [0.3, 0.4) is 0 Å². The molecule has 1 aliphatic rings. The summed E-state index contributed by atoms with van der Waals surface area (Å²) in [5, 5.41) is 2.62. The monoisotopic (exact) mass is 375 g/mol. The van der Waals surface area contributed by atoms with Crippen molar-refractivity contribution < 1.29 is 23.1 Å². The van der Waals surface area contributed by atoms with Gasteiger partial charge in [0.05, 0.1) is 12.5 Å². The fraction of sp³-hybridized carbons (Fsp3) is 0.562. The number of hydrogen-bond donors (Lipinski definition) is 1. The molecule has 0 spiro atoms. The van der Waals surface area contributed by atoms with E-state index in [-0.39, 0.29) is 17.5 Å². The van der Waals surface area contributed by atoms with E-state index in [0.717, 1.165) is 4.90 Å². The summed E-state index contributed by atoms with van der Waals surface area (Å²) in [4.78, 5) is 29.1. The van der Waals surface area contributed by atoms with Crippen LogP contribution in [0.4, 0.5) is 19.4 Å². The maximum Gasteiger partial charge on any atom is 0.410 e. The second-order valence-corrected chi connectivity index (χ2v) is 7.34. The van der Waals surface area contributed by atoms with E-state index in [2.05, 4.69) is 10.3 Å². The number of likely N-dealkylation sites (tertiary alicyclic amines) is 1. The summed E-state index contributed by atoms with van der Waals surface area (Å²) in [6, 6.07) is 4.60. The topological polar surface area (TPSA) is 71.5 Å². The standard InChI is InChI=1S/C16H20ClF2N3O3/c1-15(2,3)25-14(24)22-8-10(7-16(18,19)9-22)13(23)21-12-6-4-5-11(17)20-12/h4-6,10H,7-9H2,1-3H3,(H,20,21,23). The van der Waals surface area contributed by atoms with Crippen LogP contribution in [0, 0.1) is 5.92 Å². The molecule has 1 saturated heterocycles. The molecular formula is C16H20ClF2N3O3. The van der Waals surface area contributed by atoms with Gasteiger partial charge in [0.15, 0.2) is 0 Å². The molecular weight excluding hydrogens is 356 g/mol. The summed E-state index contributed by atoms with van der Waals surface area (Å²) < 4.78 is 33.1. The zero-order valence-electron chi connectivity index (χ0n) is 14.2. The summed E-state index contributed by atoms with van der Waals surface area (Å²) in [5.74, 6) is -4.76. The van der Waals surface area contributed by atoms with E-state index < -0.39 is 42.4 Å². The number of anilines is 1. The van der Waals surface area contributed by atoms with Crippen molar-refractivity contribution in [1.82, 2.24) is 9.88 Å². The Morgan fingerprint density at radius 2 is 2.08 bits per heavy atom. The van der Waals surface area contributed by atoms with Gasteiger partial charge in [0.2, 0.25) is 5.91 Å². The van der Waals surface area contributed by atoms with Crippen molar-refractivity contribution in [1.29, 1.82) is 0 Å². The van der Waals surface area contributed by atoms with E-state index in [0.29, 0.717) is 0 Å². The first-order valence-corrected chi connectivity index (χ1v) is 8.12. The van der Waals surface area contributed by atoms with Gasteiger partial charge >= 0.3 is 6.09 Å². The number of nitrogens with one attached hydrogen (secondary N) is 1. The highest BCUT2D eigenvalue weighted by Crippen LogP contribution is 2.32. The number of ether oxygens (including phenoxy) is 1. The van der Waals surface area contributed by atoms with Gasteiger partial charge in [-0.2, -0.15) is 0 Å². The van der Waals surface area contributed by atoms with Crippen molar-refractivity contribution in [3.8, 4) is 0 Å². The molecule has 2 heterocycles. The van der Waals surface area contributed by atoms with Crippen LogP contribution in [0.15, 0.2) is 18.2 Å². The first-order valence-electron chi connectivity index (χ1n) is 7.74. The van der Waals surface area contributed by atoms with Crippen molar-refractivity contribution in [2.45, 2.75) is 38.7 Å². The Morgan fingerprint density at radius 3 is 2.68 bits per heavy atom. The molecule has 1 aromatic rings. The molecule has 6 nitrogen and oxygen atoms in total. The number of aromatic nitrogens is 1. The van der Waals surface area contributed by atoms with E-state index >= 15 is 0 Å². The predicted molar refractivity (Wildman–Crippen MR) is 88.7 cm³/mol. The largest absolute Gasteiger partial charge is 0.444 e. The molecule has 1 atom stereocenters. The minimum absolute atomic E-state index is 0.156. The van der Waals surface area contributed by atoms with Gasteiger partial charge in [-0.3, -0.25) is 4.79 Å². The van der Waals surface area contributed by atoms with Crippen LogP contribution in [0.1, 0.15) is 27.2 Å². The summed E-state index contributed by atoms with van der Waals surface area (Å²) in [6.07, 6.45) is -1.52. The molecule has 1 aromatic heterocycles. The average Bonchev–Trinajstić information content (AvgIpc) is 2.43. The molecule has 1 fully saturated rings. The van der Waals surface area contributed by atoms with Gasteiger partial charge in [-0.1, -0.05) is 17.7 Å². The lowest BCUT2D eigenvalue weighted by molar-refractivity contribution is -0.131. The molecule has 0 saturated carbocycles. The fourth-order valence-corrected chi connectivity index (χ4v) is 2.61. The Kier molecular flexibility index (Phi) is 5.51. The lowest BCUT2D eigenvalue weighted by Gasteiger charge is -2.37. The van der Waals surface area contributed by atoms with Crippen molar-refractivity contribution in [2.24, 2.45) is 5.92 Å². The van der Waals surface area contributed by atoms with Gasteiger partial charge in [0.25, 0.3) is 5.92 Å². The smallest absolute Gasteiger partial charge is 0.410 e. The highest BCUT2D eigenvalue weighted by atomic mass is 35.5. The second-order valence-electron chi connectivity index (χ2n) is 6.95. The van der Waals surface area contributed by atoms with Gasteiger partial charge in [0.1, 0.15) is 16.6 Å². The molecule has 2 amide bonds. The number of pyridine rings is 1. The van der Waals surface area contributed by atoms with E-state index in [1.807, 2.05) is 0 Å². The summed E-state index contributed by atoms with van der Waals surface area (Å²) in [6.45, 7) is 3.99. The minimum Gasteiger partial charge on any atom is -0.444 e. The summed E-state index contributed by atoms with van der Waals surface area (Å²) in [7, 11) is 0. The van der Waals surface area contributed by atoms with Crippen LogP contribution in [0.25, 0.3) is 0 Å². The number of carbonyl (C=O) groups is 2. The van der Waals surface area contributed by atoms with Crippen LogP contribution in [0.5, 0.6) is 0 Å². The fourth-order valence-electron chi connectivity index (χ4n) is 2.45. The maximum absolute atomic E-state index is 14.0. The third-order valence-electron chi connectivity index (χ3n) is 3.40. The van der Waals surface area contributed by atoms with Crippen molar-refractivity contribution in [3.63, 3.8) is 0 Å². The average molecular weight is 376 g/mol. The number of hydrogen-bond acceptors (Lipinski definition) is 4. The van der Waals surface area contributed by atoms with Crippen molar-refractivity contribution in [3.05, 3.63) is 23.4 Å². The molecule has 0 radical (unpaired) electrons. The molecule has 25 heavy (non-hydrogen) atoms. The van der Waals surface area contributed by atoms with Crippen LogP contribution >= 0.6 is 11.6 Å². The molecule has 0 bridgehead atoms. The summed E-state index contributed by atoms with van der Waals surface area (Å²) in [5.41, 5.74) is -0.813. The Labute approximate surface area is 149 Å². The number of halogens is 3. The Bertz CT molecular complexity index is 664. The molecule has 0 aliphatic carbocycles. The van der Waals surface area contributed by atoms with Gasteiger partial charge in [0, 0.05) is 13.0 Å². The van der Waals surface area contributed by atoms with Gasteiger partial charge in [-0.25, -0.2) is 18.6 Å². The van der Waals surface area contributed by atoms with E-state index in [4.69, 9.17) is 16.3 Å². The van der Waals surface area contributed by atoms with Crippen LogP contribution in [0.2, 0.25) is 5.15 Å². The zero-order valence-corrected chi connectivity index (χ0v) is 14.9. The lowest BCUT2D eigenvalue weighted by Crippen LogP contribution is -2.53. The second kappa shape index (κ2) is 7.11. The molecule has 0 aromatic carbocycles. The van der Waals surface area contributed by atoms with E-state index in [1.54, 1.807) is 26.8 Å². The quantitative estimate of drug-likeness (QED) is 0.802. The molecule has 138 valence electrons. The number of piperidine rings is 1. The number of alkyl halides is 2. The third-order valence-corrected chi connectivity index (χ3v) is 3.61. The van der Waals surface area contributed by atoms with Crippen LogP contribution in [-0.2, 0) is 9.53 Å². The number of amides is 2. The SMILES string of the molecule is CC(C)(C)OC(=O)N1CC(C(=O)Nc2cccc(Cl)n2)CC(F)(F)C1. The van der Waals surface area contributed by atoms with Crippen molar-refractivity contribution >= 4 is 29.4 Å². The van der Waals surface area contributed by atoms with Crippen LogP contribution in [-0.4, -0.2) is 46.5 Å². The van der Waals surface area contributed by atoms with E-state index in [9.17, 15) is 18.4 Å². The Hall–Kier alpha value is -1.96. The first kappa shape index (κ1) is 19.4. The predicted octanol–water partition coefficient (Wildman–Crippen LogP) is 3.57. The Balaban J connectivity index is 2.09. The number of carbonyl (C=O) groups excluding carboxylic acids is 2. The first-order chi connectivity index (χ1) is 11.5. The highest BCUT2D eigenvalue weighted by Gasteiger charge is 2.45. The number of nitrogens with zero attached hydrogens (tertiary/aromatic N) is 2. The van der Waals surface area contributed by atoms with E-state index in [1.165, 1.54) is 12.1 Å². The molecule has 2 rings (SSSR count). The highest BCUT2D eigenvalue weighted by molar-refractivity contribution is 6.29. The van der Waals surface area contributed by atoms with Crippen molar-refractivity contribution in [2.75, 3.05) is 18.4 Å². The molecule has 1 N–H and O–H groups in total. The third kappa shape index (κ3) is 5.81. The zero-order chi connectivity index (χ0) is 18.8. The maximum atomic E-state index is 14.0. The number of rotatable bonds is 2.